The van der Waals surface area contributed by atoms with Crippen LogP contribution in [0.5, 0.6) is 5.75 Å². The largest absolute Gasteiger partial charge is 0.482 e. The van der Waals surface area contributed by atoms with Crippen LogP contribution in [0.1, 0.15) is 75.7 Å². The Kier molecular flexibility index (Phi) is 11.1. The van der Waals surface area contributed by atoms with Gasteiger partial charge in [0.1, 0.15) is 23.0 Å². The molecule has 9 rings (SSSR count). The predicted octanol–water partition coefficient (Wildman–Crippen LogP) is 4.39. The third-order valence-corrected chi connectivity index (χ3v) is 13.3. The topological polar surface area (TPSA) is 185 Å². The van der Waals surface area contributed by atoms with Crippen molar-refractivity contribution in [1.82, 2.24) is 45.0 Å². The van der Waals surface area contributed by atoms with E-state index in [0.717, 1.165) is 96.9 Å². The molecule has 4 aliphatic heterocycles. The number of nitrogens with one attached hydrogen (secondary N) is 1. The number of piperidine rings is 2. The number of nitrogen functional groups attached to an aromatic ring is 1. The number of aryl methyl sites for hydroxylation is 1. The summed E-state index contributed by atoms with van der Waals surface area (Å²) in [5.74, 6) is -1.19. The second kappa shape index (κ2) is 16.7. The molecular formula is C43H46FN11O5S. The molecule has 0 bridgehead atoms. The van der Waals surface area contributed by atoms with Gasteiger partial charge in [0.2, 0.25) is 11.8 Å². The number of imide groups is 2. The first-order valence-electron chi connectivity index (χ1n) is 20.6. The van der Waals surface area contributed by atoms with Crippen molar-refractivity contribution in [2.75, 3.05) is 56.4 Å². The van der Waals surface area contributed by atoms with Crippen LogP contribution in [-0.4, -0.2) is 115 Å². The first-order valence-corrected chi connectivity index (χ1v) is 21.4. The van der Waals surface area contributed by atoms with E-state index in [-0.39, 0.29) is 18.7 Å². The van der Waals surface area contributed by atoms with Gasteiger partial charge in [-0.1, -0.05) is 0 Å². The molecule has 5 aromatic rings. The van der Waals surface area contributed by atoms with Gasteiger partial charge in [-0.05, 0) is 81.5 Å². The number of halogens is 1. The maximum absolute atomic E-state index is 14.4. The van der Waals surface area contributed by atoms with Gasteiger partial charge in [0, 0.05) is 75.2 Å². The average Bonchev–Trinajstić information content (AvgIpc) is 3.98. The minimum atomic E-state index is -0.974. The van der Waals surface area contributed by atoms with E-state index in [1.807, 2.05) is 26.0 Å². The van der Waals surface area contributed by atoms with E-state index >= 15 is 0 Å². The summed E-state index contributed by atoms with van der Waals surface area (Å²) in [6.45, 7) is 11.2. The molecule has 2 atom stereocenters. The molecule has 3 fully saturated rings. The van der Waals surface area contributed by atoms with Crippen molar-refractivity contribution in [3.63, 3.8) is 0 Å². The lowest BCUT2D eigenvalue weighted by molar-refractivity contribution is -0.136. The molecule has 0 radical (unpaired) electrons. The number of nitrogens with zero attached hydrogens (tertiary/aromatic N) is 9. The number of rotatable bonds is 11. The highest BCUT2D eigenvalue weighted by molar-refractivity contribution is 7.15. The summed E-state index contributed by atoms with van der Waals surface area (Å²) in [5, 5.41) is 11.7. The number of piperazine rings is 1. The van der Waals surface area contributed by atoms with Crippen LogP contribution in [0.25, 0.3) is 16.1 Å². The zero-order valence-corrected chi connectivity index (χ0v) is 34.7. The number of ether oxygens (including phenoxy) is 1. The number of thiazole rings is 1. The van der Waals surface area contributed by atoms with Gasteiger partial charge in [-0.2, -0.15) is 15.0 Å². The van der Waals surface area contributed by atoms with E-state index in [4.69, 9.17) is 15.5 Å². The van der Waals surface area contributed by atoms with Crippen molar-refractivity contribution in [3.05, 3.63) is 94.3 Å². The second-order valence-corrected chi connectivity index (χ2v) is 17.2. The molecule has 7 heterocycles. The highest BCUT2D eigenvalue weighted by Gasteiger charge is 2.45. The number of hydrogen-bond acceptors (Lipinski definition) is 14. The fraction of sp³-hybridized carbons (Fsp3) is 0.395. The summed E-state index contributed by atoms with van der Waals surface area (Å²) in [4.78, 5) is 70.7. The summed E-state index contributed by atoms with van der Waals surface area (Å²) >= 11 is 1.64. The molecule has 2 aromatic carbocycles. The van der Waals surface area contributed by atoms with Crippen LogP contribution in [0, 0.1) is 18.7 Å². The summed E-state index contributed by atoms with van der Waals surface area (Å²) in [6.07, 6.45) is 6.54. The zero-order valence-electron chi connectivity index (χ0n) is 33.9. The maximum atomic E-state index is 14.4. The number of carbonyl (C=O) groups is 4. The van der Waals surface area contributed by atoms with Gasteiger partial charge in [0.05, 0.1) is 46.3 Å². The minimum Gasteiger partial charge on any atom is -0.482 e. The van der Waals surface area contributed by atoms with Gasteiger partial charge in [0.15, 0.2) is 11.6 Å². The normalized spacial score (nSPS) is 19.7. The van der Waals surface area contributed by atoms with Crippen LogP contribution < -0.4 is 20.7 Å². The van der Waals surface area contributed by atoms with E-state index < -0.39 is 41.6 Å². The lowest BCUT2D eigenvalue weighted by Crippen LogP contribution is -2.54. The molecule has 4 amide bonds. The SMILES string of the molecule is Cc1nc(CN2CCN(CC3CCN(c4ccc5c(c4)C(=O)N(C4CCC(=O)NC4=O)C5=O)CC3)CC2)sc1-c1cnc(N)c(O[C@H](C)c2cc(F)ccc2-n2nccn2)c1. The first kappa shape index (κ1) is 40.3. The van der Waals surface area contributed by atoms with Crippen molar-refractivity contribution < 1.29 is 28.3 Å². The Hall–Kier alpha value is -6.11. The van der Waals surface area contributed by atoms with Crippen LogP contribution >= 0.6 is 11.3 Å². The van der Waals surface area contributed by atoms with Crippen molar-refractivity contribution in [3.8, 4) is 21.9 Å². The highest BCUT2D eigenvalue weighted by Crippen LogP contribution is 2.37. The number of hydrogen-bond donors (Lipinski definition) is 2. The van der Waals surface area contributed by atoms with Crippen molar-refractivity contribution in [2.45, 2.75) is 58.2 Å². The van der Waals surface area contributed by atoms with Crippen LogP contribution in [-0.2, 0) is 16.1 Å². The molecule has 1 unspecified atom stereocenters. The summed E-state index contributed by atoms with van der Waals surface area (Å²) in [6, 6.07) is 10.6. The fourth-order valence-electron chi connectivity index (χ4n) is 8.80. The lowest BCUT2D eigenvalue weighted by Gasteiger charge is -2.39. The van der Waals surface area contributed by atoms with E-state index in [1.165, 1.54) is 16.9 Å². The molecule has 0 aliphatic carbocycles. The van der Waals surface area contributed by atoms with Crippen LogP contribution in [0.15, 0.2) is 61.1 Å². The molecule has 0 saturated carbocycles. The molecule has 3 saturated heterocycles. The molecule has 3 N–H and O–H groups in total. The second-order valence-electron chi connectivity index (χ2n) is 16.1. The number of carbonyl (C=O) groups excluding carboxylic acids is 4. The van der Waals surface area contributed by atoms with Gasteiger partial charge in [0.25, 0.3) is 11.8 Å². The predicted molar refractivity (Wildman–Crippen MR) is 225 cm³/mol. The Labute approximate surface area is 355 Å². The first-order chi connectivity index (χ1) is 29.5. The molecule has 16 nitrogen and oxygen atoms in total. The Morgan fingerprint density at radius 3 is 2.41 bits per heavy atom. The lowest BCUT2D eigenvalue weighted by atomic mass is 9.95. The number of aromatic nitrogens is 5. The van der Waals surface area contributed by atoms with Crippen molar-refractivity contribution >= 4 is 46.5 Å². The number of anilines is 2. The summed E-state index contributed by atoms with van der Waals surface area (Å²) < 4.78 is 20.7. The van der Waals surface area contributed by atoms with Crippen LogP contribution in [0.4, 0.5) is 15.9 Å². The van der Waals surface area contributed by atoms with E-state index in [1.54, 1.807) is 48.1 Å². The molecule has 316 valence electrons. The Morgan fingerprint density at radius 1 is 0.918 bits per heavy atom. The van der Waals surface area contributed by atoms with E-state index in [0.29, 0.717) is 34.0 Å². The molecule has 0 spiro atoms. The monoisotopic (exact) mass is 847 g/mol. The minimum absolute atomic E-state index is 0.0905. The molecule has 18 heteroatoms. The van der Waals surface area contributed by atoms with E-state index in [9.17, 15) is 23.6 Å². The average molecular weight is 848 g/mol. The van der Waals surface area contributed by atoms with E-state index in [2.05, 4.69) is 35.2 Å². The van der Waals surface area contributed by atoms with Gasteiger partial charge >= 0.3 is 0 Å². The fourth-order valence-corrected chi connectivity index (χ4v) is 9.89. The smallest absolute Gasteiger partial charge is 0.262 e. The zero-order chi connectivity index (χ0) is 42.4. The third kappa shape index (κ3) is 8.22. The van der Waals surface area contributed by atoms with Gasteiger partial charge in [-0.3, -0.25) is 34.3 Å². The summed E-state index contributed by atoms with van der Waals surface area (Å²) in [7, 11) is 0. The Balaban J connectivity index is 0.761. The number of fused-ring (bicyclic) bond motifs is 1. The van der Waals surface area contributed by atoms with Crippen LogP contribution in [0.3, 0.4) is 0 Å². The molecule has 3 aromatic heterocycles. The van der Waals surface area contributed by atoms with Gasteiger partial charge in [-0.25, -0.2) is 14.4 Å². The van der Waals surface area contributed by atoms with Gasteiger partial charge < -0.3 is 20.3 Å². The number of amides is 4. The maximum Gasteiger partial charge on any atom is 0.262 e. The highest BCUT2D eigenvalue weighted by atomic mass is 32.1. The number of benzene rings is 2. The third-order valence-electron chi connectivity index (χ3n) is 12.1. The van der Waals surface area contributed by atoms with Crippen molar-refractivity contribution in [2.24, 2.45) is 5.92 Å². The van der Waals surface area contributed by atoms with Crippen LogP contribution in [0.2, 0.25) is 0 Å². The van der Waals surface area contributed by atoms with Gasteiger partial charge in [-0.15, -0.1) is 11.3 Å². The number of pyridine rings is 1. The van der Waals surface area contributed by atoms with Crippen molar-refractivity contribution in [1.29, 1.82) is 0 Å². The molecule has 4 aliphatic rings. The molecular weight excluding hydrogens is 802 g/mol. The molecule has 61 heavy (non-hydrogen) atoms. The summed E-state index contributed by atoms with van der Waals surface area (Å²) in [5.41, 5.74) is 10.7. The Bertz CT molecular complexity index is 2500. The number of nitrogens with two attached hydrogens (primary N) is 1. The standard InChI is InChI=1S/C43H46FN11O5S/c1-25-39(28-19-36(40(45)46-22-28)60-26(2)32-20-29(44)3-6-34(32)55-47-11-12-48-55)61-38(49-25)24-52-17-15-51(16-18-52)23-27-9-13-53(14-10-27)30-4-5-31-33(21-30)43(59)54(42(31)58)35-7-8-37(56)50-41(35)57/h3-6,11-12,19-22,26-27,35H,7-10,13-18,23-24H2,1-2H3,(H2,45,46)(H,50,56,57)/t26-,35?/m1/s1. The quantitative estimate of drug-likeness (QED) is 0.179. The Morgan fingerprint density at radius 2 is 1.66 bits per heavy atom.